The third kappa shape index (κ3) is 4.31. The second-order valence-electron chi connectivity index (χ2n) is 7.84. The van der Waals surface area contributed by atoms with Crippen molar-refractivity contribution in [1.29, 1.82) is 0 Å². The second kappa shape index (κ2) is 7.47. The van der Waals surface area contributed by atoms with E-state index in [0.29, 0.717) is 19.6 Å². The maximum absolute atomic E-state index is 12.7. The molecule has 1 N–H and O–H groups in total. The number of carbonyl (C=O) groups is 2. The number of hydrogen-bond donors (Lipinski definition) is 1. The van der Waals surface area contributed by atoms with Gasteiger partial charge in [0, 0.05) is 35.8 Å². The molecule has 3 amide bonds. The van der Waals surface area contributed by atoms with Crippen LogP contribution in [0.3, 0.4) is 0 Å². The van der Waals surface area contributed by atoms with Crippen molar-refractivity contribution in [3.05, 3.63) is 28.2 Å². The number of likely N-dealkylation sites (tertiary alicyclic amines) is 1. The third-order valence-corrected chi connectivity index (χ3v) is 5.52. The minimum atomic E-state index is -0.488. The molecular weight excluding hydrogens is 398 g/mol. The van der Waals surface area contributed by atoms with Crippen molar-refractivity contribution in [2.75, 3.05) is 25.0 Å². The van der Waals surface area contributed by atoms with Crippen LogP contribution < -0.4 is 5.32 Å². The standard InChI is InChI=1S/C19H26BrN3O3/c1-19(2,3)26-18(25)22-10-7-13(8-11-22)23-12-9-14-15(20)5-4-6-16(14)21-17(23)24/h4-6,13H,7-12H2,1-3H3,(H,21,24). The fraction of sp³-hybridized carbons (Fsp3) is 0.579. The van der Waals surface area contributed by atoms with Gasteiger partial charge in [0.15, 0.2) is 0 Å². The number of ether oxygens (including phenoxy) is 1. The molecule has 6 nitrogen and oxygen atoms in total. The molecule has 26 heavy (non-hydrogen) atoms. The Morgan fingerprint density at radius 3 is 2.58 bits per heavy atom. The smallest absolute Gasteiger partial charge is 0.410 e. The summed E-state index contributed by atoms with van der Waals surface area (Å²) in [5, 5.41) is 3.03. The van der Waals surface area contributed by atoms with Crippen molar-refractivity contribution in [2.24, 2.45) is 0 Å². The van der Waals surface area contributed by atoms with Crippen LogP contribution in [0.1, 0.15) is 39.2 Å². The molecule has 0 aliphatic carbocycles. The van der Waals surface area contributed by atoms with Gasteiger partial charge in [-0.1, -0.05) is 22.0 Å². The van der Waals surface area contributed by atoms with Crippen LogP contribution in [0.2, 0.25) is 0 Å². The topological polar surface area (TPSA) is 61.9 Å². The Morgan fingerprint density at radius 2 is 1.92 bits per heavy atom. The molecule has 0 atom stereocenters. The Kier molecular flexibility index (Phi) is 5.46. The van der Waals surface area contributed by atoms with Gasteiger partial charge in [0.1, 0.15) is 5.60 Å². The molecule has 2 aliphatic heterocycles. The summed E-state index contributed by atoms with van der Waals surface area (Å²) in [4.78, 5) is 28.5. The van der Waals surface area contributed by atoms with Crippen LogP contribution in [0.5, 0.6) is 0 Å². The Hall–Kier alpha value is -1.76. The summed E-state index contributed by atoms with van der Waals surface area (Å²) in [6.07, 6.45) is 2.07. The first-order valence-electron chi connectivity index (χ1n) is 9.07. The van der Waals surface area contributed by atoms with Crippen LogP contribution in [0.15, 0.2) is 22.7 Å². The molecule has 1 fully saturated rings. The van der Waals surface area contributed by atoms with Crippen molar-refractivity contribution < 1.29 is 14.3 Å². The first-order chi connectivity index (χ1) is 12.2. The zero-order chi connectivity index (χ0) is 18.9. The van der Waals surface area contributed by atoms with Crippen LogP contribution in [0.25, 0.3) is 0 Å². The van der Waals surface area contributed by atoms with E-state index in [1.54, 1.807) is 4.90 Å². The lowest BCUT2D eigenvalue weighted by Gasteiger charge is -2.38. The summed E-state index contributed by atoms with van der Waals surface area (Å²) in [6, 6.07) is 5.95. The lowest BCUT2D eigenvalue weighted by Crippen LogP contribution is -2.50. The third-order valence-electron chi connectivity index (χ3n) is 4.78. The van der Waals surface area contributed by atoms with Gasteiger partial charge in [0.25, 0.3) is 0 Å². The molecule has 0 unspecified atom stereocenters. The van der Waals surface area contributed by atoms with Crippen molar-refractivity contribution in [1.82, 2.24) is 9.80 Å². The number of amides is 3. The maximum Gasteiger partial charge on any atom is 0.410 e. The molecule has 3 rings (SSSR count). The SMILES string of the molecule is CC(C)(C)OC(=O)N1CCC(N2CCc3c(Br)cccc3NC2=O)CC1. The Morgan fingerprint density at radius 1 is 1.23 bits per heavy atom. The molecule has 0 spiro atoms. The van der Waals surface area contributed by atoms with Gasteiger partial charge >= 0.3 is 12.1 Å². The van der Waals surface area contributed by atoms with E-state index in [4.69, 9.17) is 4.74 Å². The minimum absolute atomic E-state index is 0.0578. The number of fused-ring (bicyclic) bond motifs is 1. The predicted octanol–water partition coefficient (Wildman–Crippen LogP) is 4.24. The monoisotopic (exact) mass is 423 g/mol. The highest BCUT2D eigenvalue weighted by Crippen LogP contribution is 2.29. The molecule has 1 aromatic rings. The molecule has 0 bridgehead atoms. The molecule has 1 aromatic carbocycles. The molecular formula is C19H26BrN3O3. The molecule has 7 heteroatoms. The van der Waals surface area contributed by atoms with Crippen LogP contribution in [-0.4, -0.2) is 53.2 Å². The number of anilines is 1. The van der Waals surface area contributed by atoms with E-state index in [-0.39, 0.29) is 18.2 Å². The zero-order valence-electron chi connectivity index (χ0n) is 15.5. The van der Waals surface area contributed by atoms with E-state index in [0.717, 1.165) is 35.0 Å². The summed E-state index contributed by atoms with van der Waals surface area (Å²) >= 11 is 3.57. The molecule has 0 saturated carbocycles. The number of nitrogens with one attached hydrogen (secondary N) is 1. The number of urea groups is 1. The van der Waals surface area contributed by atoms with E-state index in [1.807, 2.05) is 43.9 Å². The first kappa shape index (κ1) is 19.0. The van der Waals surface area contributed by atoms with Crippen molar-refractivity contribution >= 4 is 33.7 Å². The summed E-state index contributed by atoms with van der Waals surface area (Å²) < 4.78 is 6.47. The average Bonchev–Trinajstić information content (AvgIpc) is 2.73. The predicted molar refractivity (Wildman–Crippen MR) is 104 cm³/mol. The number of halogens is 1. The Bertz CT molecular complexity index is 694. The number of carbonyl (C=O) groups excluding carboxylic acids is 2. The van der Waals surface area contributed by atoms with Crippen LogP contribution in [0.4, 0.5) is 15.3 Å². The van der Waals surface area contributed by atoms with Crippen molar-refractivity contribution in [3.63, 3.8) is 0 Å². The molecule has 0 radical (unpaired) electrons. The van der Waals surface area contributed by atoms with Gasteiger partial charge in [-0.3, -0.25) is 0 Å². The van der Waals surface area contributed by atoms with Gasteiger partial charge in [0.2, 0.25) is 0 Å². The van der Waals surface area contributed by atoms with Gasteiger partial charge in [-0.2, -0.15) is 0 Å². The van der Waals surface area contributed by atoms with Gasteiger partial charge in [-0.05, 0) is 57.7 Å². The maximum atomic E-state index is 12.7. The minimum Gasteiger partial charge on any atom is -0.444 e. The van der Waals surface area contributed by atoms with Crippen LogP contribution in [0, 0.1) is 0 Å². The Balaban J connectivity index is 1.61. The summed E-state index contributed by atoms with van der Waals surface area (Å²) in [6.45, 7) is 7.51. The van der Waals surface area contributed by atoms with E-state index in [1.165, 1.54) is 0 Å². The van der Waals surface area contributed by atoms with Crippen LogP contribution >= 0.6 is 15.9 Å². The lowest BCUT2D eigenvalue weighted by atomic mass is 10.0. The Labute approximate surface area is 163 Å². The number of nitrogens with zero attached hydrogens (tertiary/aromatic N) is 2. The lowest BCUT2D eigenvalue weighted by molar-refractivity contribution is 0.0167. The zero-order valence-corrected chi connectivity index (χ0v) is 17.1. The highest BCUT2D eigenvalue weighted by molar-refractivity contribution is 9.10. The molecule has 2 aliphatic rings. The highest BCUT2D eigenvalue weighted by atomic mass is 79.9. The fourth-order valence-electron chi connectivity index (χ4n) is 3.49. The van der Waals surface area contributed by atoms with E-state index >= 15 is 0 Å². The van der Waals surface area contributed by atoms with Gasteiger partial charge in [-0.25, -0.2) is 9.59 Å². The van der Waals surface area contributed by atoms with Crippen LogP contribution in [-0.2, 0) is 11.2 Å². The van der Waals surface area contributed by atoms with Gasteiger partial charge in [-0.15, -0.1) is 0 Å². The summed E-state index contributed by atoms with van der Waals surface area (Å²) in [7, 11) is 0. The highest BCUT2D eigenvalue weighted by Gasteiger charge is 2.33. The largest absolute Gasteiger partial charge is 0.444 e. The van der Waals surface area contributed by atoms with Gasteiger partial charge < -0.3 is 19.9 Å². The molecule has 1 saturated heterocycles. The second-order valence-corrected chi connectivity index (χ2v) is 8.69. The quantitative estimate of drug-likeness (QED) is 0.734. The summed E-state index contributed by atoms with van der Waals surface area (Å²) in [5.74, 6) is 0. The van der Waals surface area contributed by atoms with E-state index in [9.17, 15) is 9.59 Å². The molecule has 0 aromatic heterocycles. The van der Waals surface area contributed by atoms with E-state index < -0.39 is 5.60 Å². The molecule has 2 heterocycles. The normalized spacial score (nSPS) is 18.8. The number of benzene rings is 1. The van der Waals surface area contributed by atoms with Gasteiger partial charge in [0.05, 0.1) is 0 Å². The average molecular weight is 424 g/mol. The number of piperidine rings is 1. The number of rotatable bonds is 1. The van der Waals surface area contributed by atoms with E-state index in [2.05, 4.69) is 21.2 Å². The summed E-state index contributed by atoms with van der Waals surface area (Å²) in [5.41, 5.74) is 1.52. The number of hydrogen-bond acceptors (Lipinski definition) is 3. The molecule has 142 valence electrons. The first-order valence-corrected chi connectivity index (χ1v) is 9.87. The fourth-order valence-corrected chi connectivity index (χ4v) is 4.05. The van der Waals surface area contributed by atoms with Crippen molar-refractivity contribution in [3.8, 4) is 0 Å². The van der Waals surface area contributed by atoms with Crippen molar-refractivity contribution in [2.45, 2.75) is 51.7 Å².